The molecule has 4 rings (SSSR count). The first-order chi connectivity index (χ1) is 21.0. The third-order valence-corrected chi connectivity index (χ3v) is 7.05. The molecule has 0 saturated carbocycles. The molecule has 230 valence electrons. The van der Waals surface area contributed by atoms with E-state index in [-0.39, 0.29) is 29.2 Å². The zero-order chi connectivity index (χ0) is 32.0. The summed E-state index contributed by atoms with van der Waals surface area (Å²) in [5.74, 6) is -0.738. The average Bonchev–Trinajstić information content (AvgIpc) is 3.53. The number of hydrogen-bond acceptors (Lipinski definition) is 10. The van der Waals surface area contributed by atoms with Crippen LogP contribution in [0.2, 0.25) is 0 Å². The van der Waals surface area contributed by atoms with Gasteiger partial charge in [-0.1, -0.05) is 56.3 Å². The normalized spacial score (nSPS) is 12.0. The lowest BCUT2D eigenvalue weighted by molar-refractivity contribution is -0.122. The zero-order valence-corrected chi connectivity index (χ0v) is 25.3. The van der Waals surface area contributed by atoms with Crippen LogP contribution in [0, 0.1) is 5.92 Å². The molecule has 0 bridgehead atoms. The second-order valence-corrected chi connectivity index (χ2v) is 10.8. The number of aromatic nitrogens is 4. The van der Waals surface area contributed by atoms with Crippen LogP contribution in [0.3, 0.4) is 0 Å². The highest BCUT2D eigenvalue weighted by Crippen LogP contribution is 2.32. The fourth-order valence-electron chi connectivity index (χ4n) is 4.44. The molecule has 2 heterocycles. The number of hydrogen-bond donors (Lipinski definition) is 2. The maximum Gasteiger partial charge on any atom is 0.411 e. The number of Topliss-reactive ketones (excluding diaryl/α,β-unsaturated/α-hetero) is 1. The number of ether oxygens (including phenoxy) is 2. The van der Waals surface area contributed by atoms with E-state index in [1.165, 1.54) is 6.20 Å². The van der Waals surface area contributed by atoms with E-state index >= 15 is 0 Å². The summed E-state index contributed by atoms with van der Waals surface area (Å²) in [6.07, 6.45) is 0.323. The molecule has 0 aliphatic rings. The Balaban J connectivity index is 1.58. The van der Waals surface area contributed by atoms with E-state index in [1.807, 2.05) is 38.1 Å². The minimum atomic E-state index is -1.04. The van der Waals surface area contributed by atoms with Crippen molar-refractivity contribution in [3.05, 3.63) is 88.5 Å². The van der Waals surface area contributed by atoms with E-state index in [4.69, 9.17) is 9.15 Å². The van der Waals surface area contributed by atoms with Crippen molar-refractivity contribution >= 4 is 23.5 Å². The maximum absolute atomic E-state index is 13.5. The summed E-state index contributed by atoms with van der Waals surface area (Å²) in [6, 6.07) is 15.1. The smallest absolute Gasteiger partial charge is 0.411 e. The third kappa shape index (κ3) is 6.83. The maximum atomic E-state index is 13.5. The number of carbonyl (C=O) groups is 3. The van der Waals surface area contributed by atoms with Gasteiger partial charge in [-0.15, -0.1) is 10.2 Å². The highest BCUT2D eigenvalue weighted by Gasteiger charge is 2.34. The predicted molar refractivity (Wildman–Crippen MR) is 160 cm³/mol. The van der Waals surface area contributed by atoms with E-state index in [1.54, 1.807) is 51.3 Å². The van der Waals surface area contributed by atoms with E-state index in [2.05, 4.69) is 30.6 Å². The number of nitrogens with zero attached hydrogens (tertiary/aromatic N) is 4. The van der Waals surface area contributed by atoms with Crippen LogP contribution in [0.1, 0.15) is 49.8 Å². The van der Waals surface area contributed by atoms with Crippen molar-refractivity contribution in [2.75, 3.05) is 19.5 Å². The molecule has 2 N–H and O–H groups in total. The summed E-state index contributed by atoms with van der Waals surface area (Å²) >= 11 is 0. The summed E-state index contributed by atoms with van der Waals surface area (Å²) in [6.45, 7) is 6.79. The van der Waals surface area contributed by atoms with Gasteiger partial charge >= 0.3 is 6.09 Å². The molecule has 2 aromatic heterocycles. The molecule has 0 aliphatic carbocycles. The van der Waals surface area contributed by atoms with Crippen LogP contribution in [0.4, 0.5) is 10.5 Å². The molecule has 44 heavy (non-hydrogen) atoms. The van der Waals surface area contributed by atoms with Crippen LogP contribution in [-0.4, -0.2) is 57.8 Å². The van der Waals surface area contributed by atoms with Gasteiger partial charge in [0.15, 0.2) is 0 Å². The van der Waals surface area contributed by atoms with Crippen molar-refractivity contribution in [2.24, 2.45) is 5.92 Å². The Morgan fingerprint density at radius 3 is 2.30 bits per heavy atom. The van der Waals surface area contributed by atoms with Gasteiger partial charge in [0.25, 0.3) is 11.4 Å². The monoisotopic (exact) mass is 602 g/mol. The zero-order valence-electron chi connectivity index (χ0n) is 25.3. The van der Waals surface area contributed by atoms with Gasteiger partial charge in [0.1, 0.15) is 23.8 Å². The summed E-state index contributed by atoms with van der Waals surface area (Å²) in [5, 5.41) is 13.1. The Morgan fingerprint density at radius 1 is 1.00 bits per heavy atom. The van der Waals surface area contributed by atoms with Crippen LogP contribution in [0.25, 0.3) is 11.4 Å². The van der Waals surface area contributed by atoms with E-state index in [9.17, 15) is 19.2 Å². The highest BCUT2D eigenvalue weighted by atomic mass is 16.5. The summed E-state index contributed by atoms with van der Waals surface area (Å²) in [4.78, 5) is 56.3. The minimum Gasteiger partial charge on any atom is -0.497 e. The Hall–Kier alpha value is -5.33. The summed E-state index contributed by atoms with van der Waals surface area (Å²) in [7, 11) is 2.74. The van der Waals surface area contributed by atoms with Crippen molar-refractivity contribution in [1.29, 1.82) is 0 Å². The molecule has 0 aliphatic heterocycles. The quantitative estimate of drug-likeness (QED) is 0.241. The van der Waals surface area contributed by atoms with Crippen LogP contribution in [0.15, 0.2) is 70.0 Å². The molecule has 0 fully saturated rings. The number of methoxy groups -OCH3 is 2. The highest BCUT2D eigenvalue weighted by molar-refractivity contribution is 5.98. The van der Waals surface area contributed by atoms with Gasteiger partial charge in [-0.2, -0.15) is 0 Å². The number of benzene rings is 2. The molecule has 0 saturated heterocycles. The number of anilines is 1. The number of nitrogens with one attached hydrogen (secondary N) is 2. The van der Waals surface area contributed by atoms with Crippen molar-refractivity contribution < 1.29 is 28.3 Å². The summed E-state index contributed by atoms with van der Waals surface area (Å²) in [5.41, 5.74) is -0.157. The van der Waals surface area contributed by atoms with Gasteiger partial charge in [-0.25, -0.2) is 9.78 Å². The van der Waals surface area contributed by atoms with Gasteiger partial charge in [0, 0.05) is 5.56 Å². The Bertz CT molecular complexity index is 1690. The lowest BCUT2D eigenvalue weighted by Crippen LogP contribution is -2.46. The van der Waals surface area contributed by atoms with Crippen LogP contribution < -0.4 is 20.9 Å². The fraction of sp³-hybridized carbons (Fsp3) is 0.323. The molecular weight excluding hydrogens is 568 g/mol. The van der Waals surface area contributed by atoms with E-state index < -0.39 is 41.3 Å². The van der Waals surface area contributed by atoms with Crippen LogP contribution in [0.5, 0.6) is 5.75 Å². The summed E-state index contributed by atoms with van der Waals surface area (Å²) < 4.78 is 16.8. The van der Waals surface area contributed by atoms with Crippen LogP contribution >= 0.6 is 0 Å². The van der Waals surface area contributed by atoms with Crippen molar-refractivity contribution in [2.45, 2.75) is 45.7 Å². The molecule has 2 amide bonds. The number of ketones is 1. The molecule has 0 radical (unpaired) electrons. The lowest BCUT2D eigenvalue weighted by atomic mass is 9.84. The van der Waals surface area contributed by atoms with Gasteiger partial charge in [0.05, 0.1) is 31.9 Å². The second kappa shape index (κ2) is 13.3. The Morgan fingerprint density at radius 2 is 1.68 bits per heavy atom. The van der Waals surface area contributed by atoms with Crippen molar-refractivity contribution in [3.8, 4) is 17.1 Å². The van der Waals surface area contributed by atoms with E-state index in [0.717, 1.165) is 17.2 Å². The minimum absolute atomic E-state index is 0.182. The molecule has 13 nitrogen and oxygen atoms in total. The van der Waals surface area contributed by atoms with Gasteiger partial charge in [-0.3, -0.25) is 24.3 Å². The first kappa shape index (κ1) is 31.6. The third-order valence-electron chi connectivity index (χ3n) is 7.05. The standard InChI is InChI=1S/C31H34N6O7/c1-18(2)24(25(39)27-35-36-29(44-27)31(3,4)20-12-14-21(42-5)15-13-20)34-23(38)17-37-26(19-10-8-7-9-11-19)32-16-22(28(37)40)33-30(41)43-6/h7-16,18,24H,17H2,1-6H3,(H,33,41)(H,34,38)/t24-/m0/s1. The molecule has 1 atom stereocenters. The average molecular weight is 603 g/mol. The molecule has 13 heteroatoms. The Kier molecular flexibility index (Phi) is 9.57. The van der Waals surface area contributed by atoms with Gasteiger partial charge in [0.2, 0.25) is 17.6 Å². The fourth-order valence-corrected chi connectivity index (χ4v) is 4.44. The number of carbonyl (C=O) groups excluding carboxylic acids is 3. The van der Waals surface area contributed by atoms with Gasteiger partial charge < -0.3 is 19.2 Å². The molecule has 2 aromatic carbocycles. The van der Waals surface area contributed by atoms with Crippen molar-refractivity contribution in [1.82, 2.24) is 25.1 Å². The predicted octanol–water partition coefficient (Wildman–Crippen LogP) is 3.83. The van der Waals surface area contributed by atoms with E-state index in [0.29, 0.717) is 11.3 Å². The number of rotatable bonds is 11. The van der Waals surface area contributed by atoms with Crippen LogP contribution in [-0.2, 0) is 21.5 Å². The second-order valence-electron chi connectivity index (χ2n) is 10.8. The Labute approximate surface area is 253 Å². The SMILES string of the molecule is COC(=O)Nc1cnc(-c2ccccc2)n(CC(=O)N[C@H](C(=O)c2nnc(C(C)(C)c3ccc(OC)cc3)o2)C(C)C)c1=O. The molecular formula is C31H34N6O7. The topological polar surface area (TPSA) is 168 Å². The van der Waals surface area contributed by atoms with Crippen molar-refractivity contribution in [3.63, 3.8) is 0 Å². The first-order valence-electron chi connectivity index (χ1n) is 13.8. The molecule has 0 spiro atoms. The number of amides is 2. The van der Waals surface area contributed by atoms with Gasteiger partial charge in [-0.05, 0) is 37.5 Å². The molecule has 4 aromatic rings. The lowest BCUT2D eigenvalue weighted by Gasteiger charge is -2.22. The largest absolute Gasteiger partial charge is 0.497 e. The first-order valence-corrected chi connectivity index (χ1v) is 13.8. The molecule has 0 unspecified atom stereocenters.